The van der Waals surface area contributed by atoms with Crippen LogP contribution in [-0.2, 0) is 30.2 Å². The van der Waals surface area contributed by atoms with Gasteiger partial charge in [0.25, 0.3) is 5.60 Å². The summed E-state index contributed by atoms with van der Waals surface area (Å²) in [4.78, 5) is 23.7. The van der Waals surface area contributed by atoms with E-state index in [1.54, 1.807) is 12.1 Å². The summed E-state index contributed by atoms with van der Waals surface area (Å²) < 4.78 is 14.3. The van der Waals surface area contributed by atoms with Crippen molar-refractivity contribution in [3.8, 4) is 5.75 Å². The second kappa shape index (κ2) is 6.19. The van der Waals surface area contributed by atoms with E-state index in [9.17, 15) is 14.7 Å². The number of rotatable bonds is 5. The first kappa shape index (κ1) is 15.0. The van der Waals surface area contributed by atoms with Crippen molar-refractivity contribution in [3.05, 3.63) is 29.8 Å². The Hall–Kier alpha value is -2.08. The van der Waals surface area contributed by atoms with Gasteiger partial charge in [-0.2, -0.15) is 0 Å². The molecular formula is C13H16O6. The number of esters is 2. The second-order valence-electron chi connectivity index (χ2n) is 3.86. The smallest absolute Gasteiger partial charge is 0.350 e. The molecular weight excluding hydrogens is 252 g/mol. The number of methoxy groups -OCH3 is 3. The highest BCUT2D eigenvalue weighted by Gasteiger charge is 2.49. The number of aromatic hydroxyl groups is 1. The lowest BCUT2D eigenvalue weighted by Gasteiger charge is -2.26. The molecule has 0 saturated carbocycles. The number of hydrogen-bond donors (Lipinski definition) is 1. The van der Waals surface area contributed by atoms with Gasteiger partial charge in [0.2, 0.25) is 0 Å². The van der Waals surface area contributed by atoms with Crippen LogP contribution in [0, 0.1) is 0 Å². The Morgan fingerprint density at radius 2 is 1.53 bits per heavy atom. The Morgan fingerprint density at radius 3 is 1.89 bits per heavy atom. The first-order valence-electron chi connectivity index (χ1n) is 5.50. The van der Waals surface area contributed by atoms with Crippen molar-refractivity contribution >= 4 is 11.9 Å². The summed E-state index contributed by atoms with van der Waals surface area (Å²) in [5.41, 5.74) is -1.23. The Morgan fingerprint density at radius 1 is 1.05 bits per heavy atom. The number of hydrogen-bond acceptors (Lipinski definition) is 6. The van der Waals surface area contributed by atoms with Gasteiger partial charge in [-0.1, -0.05) is 12.1 Å². The normalized spacial score (nSPS) is 10.9. The van der Waals surface area contributed by atoms with Crippen LogP contribution < -0.4 is 0 Å². The van der Waals surface area contributed by atoms with Crippen LogP contribution in [0.1, 0.15) is 5.56 Å². The highest BCUT2D eigenvalue weighted by molar-refractivity contribution is 6.04. The molecule has 0 fully saturated rings. The Bertz CT molecular complexity index is 435. The molecule has 1 rings (SSSR count). The second-order valence-corrected chi connectivity index (χ2v) is 3.86. The van der Waals surface area contributed by atoms with Crippen molar-refractivity contribution in [3.63, 3.8) is 0 Å². The number of benzene rings is 1. The van der Waals surface area contributed by atoms with Crippen LogP contribution in [0.25, 0.3) is 0 Å². The quantitative estimate of drug-likeness (QED) is 0.624. The van der Waals surface area contributed by atoms with Crippen molar-refractivity contribution in [2.75, 3.05) is 21.3 Å². The molecule has 0 unspecified atom stereocenters. The molecule has 0 aliphatic rings. The van der Waals surface area contributed by atoms with Crippen LogP contribution in [0.15, 0.2) is 24.3 Å². The fourth-order valence-corrected chi connectivity index (χ4v) is 1.70. The lowest BCUT2D eigenvalue weighted by atomic mass is 9.94. The van der Waals surface area contributed by atoms with Gasteiger partial charge in [-0.25, -0.2) is 9.59 Å². The molecule has 1 aromatic carbocycles. The average molecular weight is 268 g/mol. The number of carbonyl (C=O) groups excluding carboxylic acids is 2. The van der Waals surface area contributed by atoms with E-state index in [1.807, 2.05) is 0 Å². The van der Waals surface area contributed by atoms with Gasteiger partial charge in [-0.05, 0) is 17.7 Å². The van der Waals surface area contributed by atoms with Crippen molar-refractivity contribution < 1.29 is 28.9 Å². The van der Waals surface area contributed by atoms with E-state index in [1.165, 1.54) is 19.2 Å². The molecule has 104 valence electrons. The molecule has 6 heteroatoms. The van der Waals surface area contributed by atoms with Crippen LogP contribution in [0.3, 0.4) is 0 Å². The maximum absolute atomic E-state index is 11.8. The molecule has 0 radical (unpaired) electrons. The number of carbonyl (C=O) groups is 2. The topological polar surface area (TPSA) is 82.1 Å². The minimum atomic E-state index is -1.85. The lowest BCUT2D eigenvalue weighted by molar-refractivity contribution is -0.184. The minimum Gasteiger partial charge on any atom is -0.508 e. The molecule has 0 amide bonds. The maximum atomic E-state index is 11.8. The Labute approximate surface area is 110 Å². The zero-order valence-electron chi connectivity index (χ0n) is 11.0. The predicted octanol–water partition coefficient (Wildman–Crippen LogP) is 0.666. The lowest BCUT2D eigenvalue weighted by Crippen LogP contribution is -2.51. The summed E-state index contributed by atoms with van der Waals surface area (Å²) in [6, 6.07) is 6.05. The third kappa shape index (κ3) is 3.03. The van der Waals surface area contributed by atoms with Crippen LogP contribution in [-0.4, -0.2) is 44.0 Å². The van der Waals surface area contributed by atoms with Gasteiger partial charge < -0.3 is 19.3 Å². The number of phenolic OH excluding ortho intramolecular Hbond substituents is 1. The molecule has 0 aliphatic carbocycles. The van der Waals surface area contributed by atoms with E-state index >= 15 is 0 Å². The fourth-order valence-electron chi connectivity index (χ4n) is 1.70. The third-order valence-corrected chi connectivity index (χ3v) is 2.77. The molecule has 0 aromatic heterocycles. The molecule has 0 heterocycles. The summed E-state index contributed by atoms with van der Waals surface area (Å²) in [7, 11) is 3.56. The largest absolute Gasteiger partial charge is 0.508 e. The van der Waals surface area contributed by atoms with E-state index in [-0.39, 0.29) is 12.2 Å². The molecule has 1 aromatic rings. The molecule has 6 nitrogen and oxygen atoms in total. The first-order valence-corrected chi connectivity index (χ1v) is 5.50. The highest BCUT2D eigenvalue weighted by Crippen LogP contribution is 2.22. The Balaban J connectivity index is 3.13. The average Bonchev–Trinajstić information content (AvgIpc) is 2.45. The number of ether oxygens (including phenoxy) is 3. The van der Waals surface area contributed by atoms with Gasteiger partial charge >= 0.3 is 11.9 Å². The summed E-state index contributed by atoms with van der Waals surface area (Å²) >= 11 is 0. The monoisotopic (exact) mass is 268 g/mol. The van der Waals surface area contributed by atoms with E-state index in [0.717, 1.165) is 14.2 Å². The highest BCUT2D eigenvalue weighted by atomic mass is 16.6. The molecule has 0 saturated heterocycles. The summed E-state index contributed by atoms with van der Waals surface area (Å²) in [5, 5.41) is 9.21. The van der Waals surface area contributed by atoms with E-state index < -0.39 is 17.5 Å². The predicted molar refractivity (Wildman–Crippen MR) is 65.6 cm³/mol. The van der Waals surface area contributed by atoms with Crippen LogP contribution in [0.5, 0.6) is 5.75 Å². The minimum absolute atomic E-state index is 0.0525. The maximum Gasteiger partial charge on any atom is 0.350 e. The fraction of sp³-hybridized carbons (Fsp3) is 0.385. The zero-order valence-corrected chi connectivity index (χ0v) is 11.0. The van der Waals surface area contributed by atoms with Crippen molar-refractivity contribution in [1.82, 2.24) is 0 Å². The van der Waals surface area contributed by atoms with Crippen molar-refractivity contribution in [1.29, 1.82) is 0 Å². The summed E-state index contributed by atoms with van der Waals surface area (Å²) in [6.45, 7) is 0. The molecule has 1 N–H and O–H groups in total. The molecule has 0 spiro atoms. The number of phenols is 1. The Kier molecular flexibility index (Phi) is 4.88. The van der Waals surface area contributed by atoms with Crippen LogP contribution in [0.2, 0.25) is 0 Å². The zero-order chi connectivity index (χ0) is 14.5. The third-order valence-electron chi connectivity index (χ3n) is 2.77. The van der Waals surface area contributed by atoms with Crippen LogP contribution in [0.4, 0.5) is 0 Å². The SMILES string of the molecule is COC(=O)C(Cc1ccc(O)cc1)(OC)C(=O)OC. The van der Waals surface area contributed by atoms with Gasteiger partial charge in [-0.3, -0.25) is 0 Å². The van der Waals surface area contributed by atoms with Gasteiger partial charge in [-0.15, -0.1) is 0 Å². The van der Waals surface area contributed by atoms with Crippen LogP contribution >= 0.6 is 0 Å². The standard InChI is InChI=1S/C13H16O6/c1-17-11(15)13(19-3,12(16)18-2)8-9-4-6-10(14)7-5-9/h4-7,14H,8H2,1-3H3. The molecule has 19 heavy (non-hydrogen) atoms. The molecule has 0 atom stereocenters. The van der Waals surface area contributed by atoms with E-state index in [4.69, 9.17) is 4.74 Å². The molecule has 0 aliphatic heterocycles. The first-order chi connectivity index (χ1) is 9.00. The van der Waals surface area contributed by atoms with E-state index in [2.05, 4.69) is 9.47 Å². The summed E-state index contributed by atoms with van der Waals surface area (Å²) in [5.74, 6) is -1.59. The van der Waals surface area contributed by atoms with Gasteiger partial charge in [0.1, 0.15) is 5.75 Å². The van der Waals surface area contributed by atoms with Gasteiger partial charge in [0, 0.05) is 13.5 Å². The summed E-state index contributed by atoms with van der Waals surface area (Å²) in [6.07, 6.45) is -0.0525. The van der Waals surface area contributed by atoms with Gasteiger partial charge in [0.15, 0.2) is 0 Å². The van der Waals surface area contributed by atoms with Gasteiger partial charge in [0.05, 0.1) is 14.2 Å². The molecule has 0 bridgehead atoms. The van der Waals surface area contributed by atoms with E-state index in [0.29, 0.717) is 5.56 Å². The van der Waals surface area contributed by atoms with Crippen molar-refractivity contribution in [2.24, 2.45) is 0 Å². The van der Waals surface area contributed by atoms with Crippen molar-refractivity contribution in [2.45, 2.75) is 12.0 Å².